The Morgan fingerprint density at radius 2 is 2.22 bits per heavy atom. The lowest BCUT2D eigenvalue weighted by molar-refractivity contribution is -0.143. The summed E-state index contributed by atoms with van der Waals surface area (Å²) in [6.07, 6.45) is 10.3. The number of amides is 2. The summed E-state index contributed by atoms with van der Waals surface area (Å²) >= 11 is 0. The van der Waals surface area contributed by atoms with E-state index in [0.29, 0.717) is 18.8 Å². The van der Waals surface area contributed by atoms with Gasteiger partial charge in [-0.15, -0.1) is 0 Å². The smallest absolute Gasteiger partial charge is 0.313 e. The second-order valence-electron chi connectivity index (χ2n) is 5.70. The SMILES string of the molecule is Cc1ccncc1NC(=O)C(=O)N1CCC[C@H]1Cn1ccnc1. The van der Waals surface area contributed by atoms with Crippen LogP contribution in [0.4, 0.5) is 5.69 Å². The number of pyridine rings is 1. The molecule has 1 fully saturated rings. The molecule has 2 amide bonds. The summed E-state index contributed by atoms with van der Waals surface area (Å²) in [5.41, 5.74) is 1.44. The lowest BCUT2D eigenvalue weighted by Gasteiger charge is -2.24. The minimum Gasteiger partial charge on any atom is -0.335 e. The van der Waals surface area contributed by atoms with Crippen molar-refractivity contribution in [2.45, 2.75) is 32.4 Å². The van der Waals surface area contributed by atoms with E-state index in [-0.39, 0.29) is 6.04 Å². The molecular formula is C16H19N5O2. The Balaban J connectivity index is 1.66. The fourth-order valence-electron chi connectivity index (χ4n) is 2.83. The summed E-state index contributed by atoms with van der Waals surface area (Å²) in [5.74, 6) is -1.10. The van der Waals surface area contributed by atoms with Gasteiger partial charge in [-0.2, -0.15) is 0 Å². The highest BCUT2D eigenvalue weighted by Crippen LogP contribution is 2.20. The number of anilines is 1. The molecule has 7 heteroatoms. The zero-order chi connectivity index (χ0) is 16.2. The Kier molecular flexibility index (Phi) is 4.36. The number of nitrogens with zero attached hydrogens (tertiary/aromatic N) is 4. The van der Waals surface area contributed by atoms with Crippen molar-refractivity contribution in [2.75, 3.05) is 11.9 Å². The van der Waals surface area contributed by atoms with Crippen molar-refractivity contribution in [3.8, 4) is 0 Å². The number of aryl methyl sites for hydroxylation is 1. The van der Waals surface area contributed by atoms with Crippen LogP contribution in [0.3, 0.4) is 0 Å². The largest absolute Gasteiger partial charge is 0.335 e. The Labute approximate surface area is 134 Å². The molecule has 0 saturated carbocycles. The molecule has 1 aliphatic heterocycles. The number of aromatic nitrogens is 3. The third-order valence-electron chi connectivity index (χ3n) is 4.10. The predicted octanol–water partition coefficient (Wildman–Crippen LogP) is 1.22. The van der Waals surface area contributed by atoms with Crippen LogP contribution >= 0.6 is 0 Å². The zero-order valence-electron chi connectivity index (χ0n) is 13.0. The molecule has 0 spiro atoms. The second kappa shape index (κ2) is 6.60. The third kappa shape index (κ3) is 3.39. The Bertz CT molecular complexity index is 698. The van der Waals surface area contributed by atoms with E-state index in [1.165, 1.54) is 0 Å². The van der Waals surface area contributed by atoms with Gasteiger partial charge in [0.05, 0.1) is 24.3 Å². The quantitative estimate of drug-likeness (QED) is 0.864. The van der Waals surface area contributed by atoms with Crippen molar-refractivity contribution in [1.82, 2.24) is 19.4 Å². The molecule has 7 nitrogen and oxygen atoms in total. The molecule has 0 radical (unpaired) electrons. The van der Waals surface area contributed by atoms with Crippen LogP contribution in [0.1, 0.15) is 18.4 Å². The van der Waals surface area contributed by atoms with E-state index in [2.05, 4.69) is 15.3 Å². The lowest BCUT2D eigenvalue weighted by Crippen LogP contribution is -2.44. The summed E-state index contributed by atoms with van der Waals surface area (Å²) in [7, 11) is 0. The molecule has 1 aliphatic rings. The number of rotatable bonds is 3. The van der Waals surface area contributed by atoms with Crippen molar-refractivity contribution in [3.63, 3.8) is 0 Å². The first kappa shape index (κ1) is 15.2. The average Bonchev–Trinajstić information content (AvgIpc) is 3.21. The first-order valence-corrected chi connectivity index (χ1v) is 7.63. The summed E-state index contributed by atoms with van der Waals surface area (Å²) in [6.45, 7) is 3.13. The van der Waals surface area contributed by atoms with Crippen LogP contribution in [0.5, 0.6) is 0 Å². The highest BCUT2D eigenvalue weighted by atomic mass is 16.2. The van der Waals surface area contributed by atoms with E-state index in [9.17, 15) is 9.59 Å². The summed E-state index contributed by atoms with van der Waals surface area (Å²) in [6, 6.07) is 1.81. The standard InChI is InChI=1S/C16H19N5O2/c1-12-4-5-17-9-14(12)19-15(22)16(23)21-7-2-3-13(21)10-20-8-6-18-11-20/h4-6,8-9,11,13H,2-3,7,10H2,1H3,(H,19,22)/t13-/m0/s1. The monoisotopic (exact) mass is 313 g/mol. The maximum atomic E-state index is 12.5. The van der Waals surface area contributed by atoms with Gasteiger partial charge in [0, 0.05) is 31.7 Å². The number of imidazole rings is 1. The van der Waals surface area contributed by atoms with Gasteiger partial charge in [-0.05, 0) is 31.4 Å². The fraction of sp³-hybridized carbons (Fsp3) is 0.375. The van der Waals surface area contributed by atoms with Crippen LogP contribution < -0.4 is 5.32 Å². The van der Waals surface area contributed by atoms with Crippen LogP contribution in [0.15, 0.2) is 37.2 Å². The van der Waals surface area contributed by atoms with Crippen LogP contribution in [0.25, 0.3) is 0 Å². The third-order valence-corrected chi connectivity index (χ3v) is 4.10. The molecule has 3 heterocycles. The Morgan fingerprint density at radius 1 is 1.35 bits per heavy atom. The van der Waals surface area contributed by atoms with Gasteiger partial charge in [-0.3, -0.25) is 14.6 Å². The molecule has 2 aromatic rings. The second-order valence-corrected chi connectivity index (χ2v) is 5.70. The number of hydrogen-bond acceptors (Lipinski definition) is 4. The summed E-state index contributed by atoms with van der Waals surface area (Å²) in [4.78, 5) is 34.4. The van der Waals surface area contributed by atoms with Crippen LogP contribution in [0, 0.1) is 6.92 Å². The molecule has 1 atom stereocenters. The first-order valence-electron chi connectivity index (χ1n) is 7.63. The lowest BCUT2D eigenvalue weighted by atomic mass is 10.2. The minimum atomic E-state index is -0.612. The molecule has 1 saturated heterocycles. The molecule has 2 aromatic heterocycles. The van der Waals surface area contributed by atoms with Gasteiger partial charge in [-0.1, -0.05) is 0 Å². The zero-order valence-corrected chi connectivity index (χ0v) is 13.0. The van der Waals surface area contributed by atoms with Crippen molar-refractivity contribution in [2.24, 2.45) is 0 Å². The van der Waals surface area contributed by atoms with Gasteiger partial charge in [-0.25, -0.2) is 4.98 Å². The van der Waals surface area contributed by atoms with E-state index >= 15 is 0 Å². The molecule has 0 bridgehead atoms. The molecule has 23 heavy (non-hydrogen) atoms. The van der Waals surface area contributed by atoms with Crippen LogP contribution in [-0.2, 0) is 16.1 Å². The minimum absolute atomic E-state index is 0.0254. The van der Waals surface area contributed by atoms with E-state index in [0.717, 1.165) is 18.4 Å². The van der Waals surface area contributed by atoms with Crippen molar-refractivity contribution < 1.29 is 9.59 Å². The molecule has 0 aromatic carbocycles. The van der Waals surface area contributed by atoms with Gasteiger partial charge in [0.1, 0.15) is 0 Å². The normalized spacial score (nSPS) is 17.3. The van der Waals surface area contributed by atoms with Crippen molar-refractivity contribution in [3.05, 3.63) is 42.7 Å². The molecule has 1 N–H and O–H groups in total. The van der Waals surface area contributed by atoms with Crippen LogP contribution in [0.2, 0.25) is 0 Å². The maximum absolute atomic E-state index is 12.5. The van der Waals surface area contributed by atoms with Gasteiger partial charge >= 0.3 is 11.8 Å². The highest BCUT2D eigenvalue weighted by Gasteiger charge is 2.32. The van der Waals surface area contributed by atoms with Crippen molar-refractivity contribution >= 4 is 17.5 Å². The average molecular weight is 313 g/mol. The van der Waals surface area contributed by atoms with Gasteiger partial charge in [0.2, 0.25) is 0 Å². The molecule has 120 valence electrons. The van der Waals surface area contributed by atoms with Gasteiger partial charge < -0.3 is 14.8 Å². The summed E-state index contributed by atoms with van der Waals surface area (Å²) < 4.78 is 1.93. The number of likely N-dealkylation sites (tertiary alicyclic amines) is 1. The Hall–Kier alpha value is -2.70. The predicted molar refractivity (Wildman–Crippen MR) is 84.6 cm³/mol. The fourth-order valence-corrected chi connectivity index (χ4v) is 2.83. The van der Waals surface area contributed by atoms with Gasteiger partial charge in [0.25, 0.3) is 0 Å². The maximum Gasteiger partial charge on any atom is 0.313 e. The van der Waals surface area contributed by atoms with Gasteiger partial charge in [0.15, 0.2) is 0 Å². The summed E-state index contributed by atoms with van der Waals surface area (Å²) in [5, 5.41) is 2.65. The number of hydrogen-bond donors (Lipinski definition) is 1. The highest BCUT2D eigenvalue weighted by molar-refractivity contribution is 6.39. The molecule has 0 aliphatic carbocycles. The molecule has 3 rings (SSSR count). The topological polar surface area (TPSA) is 80.1 Å². The Morgan fingerprint density at radius 3 is 2.96 bits per heavy atom. The number of nitrogens with one attached hydrogen (secondary N) is 1. The molecular weight excluding hydrogens is 294 g/mol. The van der Waals surface area contributed by atoms with E-state index < -0.39 is 11.8 Å². The van der Waals surface area contributed by atoms with E-state index in [1.54, 1.807) is 35.9 Å². The first-order chi connectivity index (χ1) is 11.1. The van der Waals surface area contributed by atoms with Crippen molar-refractivity contribution in [1.29, 1.82) is 0 Å². The number of carbonyl (C=O) groups is 2. The number of carbonyl (C=O) groups excluding carboxylic acids is 2. The van der Waals surface area contributed by atoms with Crippen LogP contribution in [-0.4, -0.2) is 43.8 Å². The van der Waals surface area contributed by atoms with E-state index in [4.69, 9.17) is 0 Å². The molecule has 0 unspecified atom stereocenters. The van der Waals surface area contributed by atoms with E-state index in [1.807, 2.05) is 17.7 Å².